The molecule has 0 saturated carbocycles. The molecule has 0 aliphatic heterocycles. The molecule has 1 heterocycles. The zero-order valence-electron chi connectivity index (χ0n) is 15.8. The number of hydrogen-bond acceptors (Lipinski definition) is 4. The SMILES string of the molecule is C#CCn1c(=NC(=O)Cc2ccc3ccccc3c2)sc2cc(S(N)(=O)=O)ccc21. The zero-order valence-corrected chi connectivity index (χ0v) is 17.4. The largest absolute Gasteiger partial charge is 0.305 e. The Morgan fingerprint density at radius 1 is 1.10 bits per heavy atom. The van der Waals surface area contributed by atoms with Crippen molar-refractivity contribution in [1.29, 1.82) is 0 Å². The van der Waals surface area contributed by atoms with Crippen molar-refractivity contribution in [2.75, 3.05) is 0 Å². The van der Waals surface area contributed by atoms with Crippen molar-refractivity contribution in [2.24, 2.45) is 10.1 Å². The first-order chi connectivity index (χ1) is 14.3. The predicted molar refractivity (Wildman–Crippen MR) is 118 cm³/mol. The first kappa shape index (κ1) is 20.0. The van der Waals surface area contributed by atoms with Gasteiger partial charge in [-0.2, -0.15) is 4.99 Å². The number of carbonyl (C=O) groups is 1. The van der Waals surface area contributed by atoms with Crippen LogP contribution in [0.1, 0.15) is 5.56 Å². The molecule has 0 atom stereocenters. The van der Waals surface area contributed by atoms with Crippen LogP contribution in [0.25, 0.3) is 21.0 Å². The van der Waals surface area contributed by atoms with E-state index in [2.05, 4.69) is 10.9 Å². The smallest absolute Gasteiger partial charge is 0.252 e. The van der Waals surface area contributed by atoms with E-state index >= 15 is 0 Å². The Labute approximate surface area is 177 Å². The molecule has 0 saturated heterocycles. The molecule has 0 spiro atoms. The molecule has 1 amide bonds. The Morgan fingerprint density at radius 3 is 2.60 bits per heavy atom. The molecule has 150 valence electrons. The summed E-state index contributed by atoms with van der Waals surface area (Å²) in [5, 5.41) is 7.38. The average molecular weight is 436 g/mol. The highest BCUT2D eigenvalue weighted by Gasteiger charge is 2.13. The van der Waals surface area contributed by atoms with Crippen molar-refractivity contribution in [2.45, 2.75) is 17.9 Å². The van der Waals surface area contributed by atoms with E-state index in [4.69, 9.17) is 11.6 Å². The summed E-state index contributed by atoms with van der Waals surface area (Å²) in [4.78, 5) is 17.3. The number of primary sulfonamides is 1. The molecule has 2 N–H and O–H groups in total. The molecule has 1 aromatic heterocycles. The lowest BCUT2D eigenvalue weighted by Gasteiger charge is -2.02. The highest BCUT2D eigenvalue weighted by molar-refractivity contribution is 7.89. The van der Waals surface area contributed by atoms with E-state index in [-0.39, 0.29) is 23.8 Å². The normalized spacial score (nSPS) is 12.3. The van der Waals surface area contributed by atoms with Crippen molar-refractivity contribution in [3.8, 4) is 12.3 Å². The van der Waals surface area contributed by atoms with Gasteiger partial charge in [-0.25, -0.2) is 13.6 Å². The molecule has 8 heteroatoms. The first-order valence-electron chi connectivity index (χ1n) is 9.00. The van der Waals surface area contributed by atoms with Crippen LogP contribution >= 0.6 is 11.3 Å². The third kappa shape index (κ3) is 4.04. The van der Waals surface area contributed by atoms with Crippen molar-refractivity contribution in [3.05, 3.63) is 71.0 Å². The third-order valence-electron chi connectivity index (χ3n) is 4.62. The average Bonchev–Trinajstić information content (AvgIpc) is 3.04. The minimum absolute atomic E-state index is 0.00171. The van der Waals surface area contributed by atoms with Crippen LogP contribution in [0, 0.1) is 12.3 Å². The Balaban J connectivity index is 1.73. The summed E-state index contributed by atoms with van der Waals surface area (Å²) >= 11 is 1.20. The highest BCUT2D eigenvalue weighted by Crippen LogP contribution is 2.21. The molecule has 0 unspecified atom stereocenters. The van der Waals surface area contributed by atoms with E-state index in [9.17, 15) is 13.2 Å². The van der Waals surface area contributed by atoms with Crippen molar-refractivity contribution in [3.63, 3.8) is 0 Å². The molecule has 4 rings (SSSR count). The van der Waals surface area contributed by atoms with E-state index in [1.54, 1.807) is 10.6 Å². The van der Waals surface area contributed by atoms with Gasteiger partial charge in [0, 0.05) is 0 Å². The van der Waals surface area contributed by atoms with Gasteiger partial charge in [0.2, 0.25) is 10.0 Å². The number of sulfonamides is 1. The van der Waals surface area contributed by atoms with E-state index in [1.165, 1.54) is 23.5 Å². The fourth-order valence-corrected chi connectivity index (χ4v) is 4.93. The Morgan fingerprint density at radius 2 is 1.87 bits per heavy atom. The van der Waals surface area contributed by atoms with E-state index < -0.39 is 10.0 Å². The van der Waals surface area contributed by atoms with Crippen molar-refractivity contribution < 1.29 is 13.2 Å². The zero-order chi connectivity index (χ0) is 21.3. The van der Waals surface area contributed by atoms with Gasteiger partial charge in [0.1, 0.15) is 0 Å². The summed E-state index contributed by atoms with van der Waals surface area (Å²) in [5.74, 6) is 2.24. The fraction of sp³-hybridized carbons (Fsp3) is 0.0909. The van der Waals surface area contributed by atoms with Gasteiger partial charge in [0.25, 0.3) is 5.91 Å². The monoisotopic (exact) mass is 435 g/mol. The van der Waals surface area contributed by atoms with Crippen LogP contribution in [0.15, 0.2) is 70.6 Å². The van der Waals surface area contributed by atoms with E-state index in [0.717, 1.165) is 16.3 Å². The number of fused-ring (bicyclic) bond motifs is 2. The van der Waals surface area contributed by atoms with E-state index in [0.29, 0.717) is 15.0 Å². The number of aromatic nitrogens is 1. The summed E-state index contributed by atoms with van der Waals surface area (Å²) < 4.78 is 25.6. The van der Waals surface area contributed by atoms with Crippen LogP contribution in [-0.2, 0) is 27.8 Å². The second-order valence-electron chi connectivity index (χ2n) is 6.71. The van der Waals surface area contributed by atoms with Gasteiger partial charge in [-0.15, -0.1) is 6.42 Å². The van der Waals surface area contributed by atoms with Gasteiger partial charge < -0.3 is 4.57 Å². The van der Waals surface area contributed by atoms with Gasteiger partial charge in [0.05, 0.1) is 28.1 Å². The number of amides is 1. The summed E-state index contributed by atoms with van der Waals surface area (Å²) in [7, 11) is -3.83. The van der Waals surface area contributed by atoms with Crippen molar-refractivity contribution in [1.82, 2.24) is 4.57 Å². The summed E-state index contributed by atoms with van der Waals surface area (Å²) in [6, 6.07) is 18.3. The maximum Gasteiger partial charge on any atom is 0.252 e. The van der Waals surface area contributed by atoms with Gasteiger partial charge in [0.15, 0.2) is 4.80 Å². The van der Waals surface area contributed by atoms with Gasteiger partial charge in [-0.3, -0.25) is 4.79 Å². The number of thiazole rings is 1. The number of nitrogens with two attached hydrogens (primary N) is 1. The minimum atomic E-state index is -3.83. The lowest BCUT2D eigenvalue weighted by atomic mass is 10.1. The molecule has 6 nitrogen and oxygen atoms in total. The van der Waals surface area contributed by atoms with Crippen LogP contribution in [0.5, 0.6) is 0 Å². The molecule has 30 heavy (non-hydrogen) atoms. The van der Waals surface area contributed by atoms with Gasteiger partial charge >= 0.3 is 0 Å². The molecule has 0 bridgehead atoms. The topological polar surface area (TPSA) is 94.5 Å². The number of terminal acetylenes is 1. The second kappa shape index (κ2) is 7.88. The number of hydrogen-bond donors (Lipinski definition) is 1. The second-order valence-corrected chi connectivity index (χ2v) is 9.28. The van der Waals surface area contributed by atoms with Crippen LogP contribution in [0.3, 0.4) is 0 Å². The number of nitrogens with zero attached hydrogens (tertiary/aromatic N) is 2. The molecule has 0 aliphatic carbocycles. The Hall–Kier alpha value is -3.25. The third-order valence-corrected chi connectivity index (χ3v) is 6.57. The fourth-order valence-electron chi connectivity index (χ4n) is 3.23. The molecule has 0 aliphatic rings. The minimum Gasteiger partial charge on any atom is -0.305 e. The first-order valence-corrected chi connectivity index (χ1v) is 11.4. The van der Waals surface area contributed by atoms with Gasteiger partial charge in [-0.1, -0.05) is 59.7 Å². The summed E-state index contributed by atoms with van der Waals surface area (Å²) in [5.41, 5.74) is 1.56. The van der Waals surface area contributed by atoms with Crippen molar-refractivity contribution >= 4 is 48.3 Å². The van der Waals surface area contributed by atoms with Crippen LogP contribution < -0.4 is 9.94 Å². The molecular formula is C22H17N3O3S2. The quantitative estimate of drug-likeness (QED) is 0.500. The summed E-state index contributed by atoms with van der Waals surface area (Å²) in [6.45, 7) is 0.205. The van der Waals surface area contributed by atoms with E-state index in [1.807, 2.05) is 42.5 Å². The number of benzene rings is 3. The number of carbonyl (C=O) groups excluding carboxylic acids is 1. The van der Waals surface area contributed by atoms with Crippen LogP contribution in [0.4, 0.5) is 0 Å². The molecule has 0 radical (unpaired) electrons. The lowest BCUT2D eigenvalue weighted by molar-refractivity contribution is -0.117. The highest BCUT2D eigenvalue weighted by atomic mass is 32.2. The van der Waals surface area contributed by atoms with Gasteiger partial charge in [-0.05, 0) is 34.5 Å². The molecule has 4 aromatic rings. The molecular weight excluding hydrogens is 418 g/mol. The molecule has 0 fully saturated rings. The standard InChI is InChI=1S/C22H17N3O3S2/c1-2-11-25-19-10-9-18(30(23,27)28)14-20(19)29-22(25)24-21(26)13-15-7-8-16-5-3-4-6-17(16)12-15/h1,3-10,12,14H,11,13H2,(H2,23,27,28). The molecule has 3 aromatic carbocycles. The predicted octanol–water partition coefficient (Wildman–Crippen LogP) is 2.81. The Bertz CT molecular complexity index is 1510. The summed E-state index contributed by atoms with van der Waals surface area (Å²) in [6.07, 6.45) is 5.63. The lowest BCUT2D eigenvalue weighted by Crippen LogP contribution is -2.17. The number of rotatable bonds is 4. The maximum atomic E-state index is 12.6. The maximum absolute atomic E-state index is 12.6. The Kier molecular flexibility index (Phi) is 5.26. The van der Waals surface area contributed by atoms with Crippen LogP contribution in [0.2, 0.25) is 0 Å². The van der Waals surface area contributed by atoms with Crippen LogP contribution in [-0.4, -0.2) is 18.9 Å².